The van der Waals surface area contributed by atoms with Crippen LogP contribution in [0.15, 0.2) is 34.7 Å². The molecule has 0 bridgehead atoms. The number of aromatic nitrogens is 2. The zero-order valence-corrected chi connectivity index (χ0v) is 12.9. The second-order valence-corrected chi connectivity index (χ2v) is 5.51. The van der Waals surface area contributed by atoms with E-state index in [0.29, 0.717) is 23.5 Å². The maximum atomic E-state index is 5.68. The van der Waals surface area contributed by atoms with E-state index < -0.39 is 0 Å². The molecule has 1 unspecified atom stereocenters. The van der Waals surface area contributed by atoms with Gasteiger partial charge >= 0.3 is 0 Å². The lowest BCUT2D eigenvalue weighted by molar-refractivity contribution is -0.0414. The average Bonchev–Trinajstić information content (AvgIpc) is 2.89. The van der Waals surface area contributed by atoms with Gasteiger partial charge in [0.15, 0.2) is 0 Å². The number of morpholine rings is 1. The number of ether oxygens (including phenoxy) is 1. The molecule has 1 aliphatic heterocycles. The van der Waals surface area contributed by atoms with Crippen molar-refractivity contribution in [1.29, 1.82) is 0 Å². The van der Waals surface area contributed by atoms with Crippen LogP contribution in [0, 0.1) is 4.84 Å². The summed E-state index contributed by atoms with van der Waals surface area (Å²) in [4.78, 5) is 2.71. The molecule has 1 aromatic carbocycles. The fourth-order valence-electron chi connectivity index (χ4n) is 2.44. The van der Waals surface area contributed by atoms with Crippen LogP contribution in [0.5, 0.6) is 0 Å². The summed E-state index contributed by atoms with van der Waals surface area (Å²) in [7, 11) is 0. The maximum Gasteiger partial charge on any atom is 0.288 e. The van der Waals surface area contributed by atoms with Gasteiger partial charge in [-0.25, -0.2) is 4.68 Å². The Kier molecular flexibility index (Phi) is 4.48. The Balaban J connectivity index is 1.74. The number of nitrogens with zero attached hydrogens (tertiary/aromatic N) is 3. The lowest BCUT2D eigenvalue weighted by Gasteiger charge is -2.31. The predicted molar refractivity (Wildman–Crippen MR) is 82.4 cm³/mol. The molecule has 0 saturated carbocycles. The summed E-state index contributed by atoms with van der Waals surface area (Å²) in [5, 5.41) is 4.49. The van der Waals surface area contributed by atoms with Gasteiger partial charge in [0.1, 0.15) is 0 Å². The van der Waals surface area contributed by atoms with Crippen LogP contribution in [-0.4, -0.2) is 40.5 Å². The van der Waals surface area contributed by atoms with Crippen molar-refractivity contribution < 1.29 is 9.15 Å². The molecule has 0 aliphatic carbocycles. The van der Waals surface area contributed by atoms with Gasteiger partial charge in [-0.15, -0.1) is 5.10 Å². The standard InChI is InChI=1S/C15H19N3O2S/c1-2-13-10-17(8-9-19-13)11-18-15(21)20-14(16-18)12-6-4-3-5-7-12/h3-7,13H,2,8-11H2,1H3. The van der Waals surface area contributed by atoms with E-state index in [9.17, 15) is 0 Å². The second kappa shape index (κ2) is 6.51. The summed E-state index contributed by atoms with van der Waals surface area (Å²) >= 11 is 5.28. The Labute approximate surface area is 129 Å². The SMILES string of the molecule is CCC1CN(Cn2nc(-c3ccccc3)oc2=S)CCO1. The molecule has 0 amide bonds. The zero-order valence-electron chi connectivity index (χ0n) is 12.1. The molecule has 1 saturated heterocycles. The highest BCUT2D eigenvalue weighted by Gasteiger charge is 2.20. The summed E-state index contributed by atoms with van der Waals surface area (Å²) in [5.41, 5.74) is 0.941. The smallest absolute Gasteiger partial charge is 0.288 e. The Hall–Kier alpha value is -1.50. The fourth-order valence-corrected chi connectivity index (χ4v) is 2.62. The van der Waals surface area contributed by atoms with Crippen LogP contribution >= 0.6 is 12.2 Å². The van der Waals surface area contributed by atoms with Gasteiger partial charge in [0, 0.05) is 18.7 Å². The van der Waals surface area contributed by atoms with Gasteiger partial charge in [-0.1, -0.05) is 25.1 Å². The first-order valence-corrected chi connectivity index (χ1v) is 7.64. The quantitative estimate of drug-likeness (QED) is 0.813. The van der Waals surface area contributed by atoms with Gasteiger partial charge in [-0.3, -0.25) is 4.90 Å². The van der Waals surface area contributed by atoms with E-state index in [-0.39, 0.29) is 0 Å². The molecule has 1 fully saturated rings. The third-order valence-corrected chi connectivity index (χ3v) is 3.93. The molecular weight excluding hydrogens is 286 g/mol. The van der Waals surface area contributed by atoms with Crippen LogP contribution in [0.1, 0.15) is 13.3 Å². The van der Waals surface area contributed by atoms with Gasteiger partial charge < -0.3 is 9.15 Å². The van der Waals surface area contributed by atoms with Crippen molar-refractivity contribution in [2.75, 3.05) is 19.7 Å². The van der Waals surface area contributed by atoms with Gasteiger partial charge in [-0.05, 0) is 30.8 Å². The molecule has 3 rings (SSSR count). The summed E-state index contributed by atoms with van der Waals surface area (Å²) < 4.78 is 13.0. The molecule has 0 N–H and O–H groups in total. The van der Waals surface area contributed by atoms with Crippen LogP contribution < -0.4 is 0 Å². The zero-order chi connectivity index (χ0) is 14.7. The first kappa shape index (κ1) is 14.4. The summed E-state index contributed by atoms with van der Waals surface area (Å²) in [6.45, 7) is 5.35. The Morgan fingerprint density at radius 3 is 2.90 bits per heavy atom. The van der Waals surface area contributed by atoms with E-state index in [1.54, 1.807) is 4.68 Å². The average molecular weight is 305 g/mol. The number of hydrogen-bond donors (Lipinski definition) is 0. The third-order valence-electron chi connectivity index (χ3n) is 3.64. The van der Waals surface area contributed by atoms with Crippen LogP contribution in [0.4, 0.5) is 0 Å². The topological polar surface area (TPSA) is 43.4 Å². The summed E-state index contributed by atoms with van der Waals surface area (Å²) in [6, 6.07) is 9.81. The second-order valence-electron chi connectivity index (χ2n) is 5.16. The molecule has 1 aromatic heterocycles. The minimum Gasteiger partial charge on any atom is -0.409 e. The van der Waals surface area contributed by atoms with Crippen molar-refractivity contribution in [3.63, 3.8) is 0 Å². The summed E-state index contributed by atoms with van der Waals surface area (Å²) in [6.07, 6.45) is 1.32. The fraction of sp³-hybridized carbons (Fsp3) is 0.467. The van der Waals surface area contributed by atoms with Crippen LogP contribution in [0.2, 0.25) is 0 Å². The van der Waals surface area contributed by atoms with Crippen molar-refractivity contribution in [3.05, 3.63) is 35.2 Å². The van der Waals surface area contributed by atoms with E-state index >= 15 is 0 Å². The lowest BCUT2D eigenvalue weighted by atomic mass is 10.2. The lowest BCUT2D eigenvalue weighted by Crippen LogP contribution is -2.43. The highest BCUT2D eigenvalue weighted by atomic mass is 32.1. The largest absolute Gasteiger partial charge is 0.409 e. The van der Waals surface area contributed by atoms with E-state index in [1.165, 1.54) is 0 Å². The Bertz CT molecular complexity index is 638. The molecule has 112 valence electrons. The Morgan fingerprint density at radius 2 is 2.14 bits per heavy atom. The molecule has 5 nitrogen and oxygen atoms in total. The van der Waals surface area contributed by atoms with Gasteiger partial charge in [0.2, 0.25) is 5.89 Å². The molecule has 2 heterocycles. The molecule has 21 heavy (non-hydrogen) atoms. The Morgan fingerprint density at radius 1 is 1.33 bits per heavy atom. The monoisotopic (exact) mass is 305 g/mol. The molecular formula is C15H19N3O2S. The van der Waals surface area contributed by atoms with Gasteiger partial charge in [-0.2, -0.15) is 0 Å². The van der Waals surface area contributed by atoms with E-state index in [0.717, 1.165) is 31.7 Å². The maximum absolute atomic E-state index is 5.68. The van der Waals surface area contributed by atoms with E-state index in [1.807, 2.05) is 30.3 Å². The summed E-state index contributed by atoms with van der Waals surface area (Å²) in [5.74, 6) is 0.570. The predicted octanol–water partition coefficient (Wildman–Crippen LogP) is 2.94. The van der Waals surface area contributed by atoms with Gasteiger partial charge in [0.05, 0.1) is 19.4 Å². The number of rotatable bonds is 4. The highest BCUT2D eigenvalue weighted by molar-refractivity contribution is 7.71. The number of benzene rings is 1. The van der Waals surface area contributed by atoms with Crippen LogP contribution in [-0.2, 0) is 11.4 Å². The van der Waals surface area contributed by atoms with Crippen molar-refractivity contribution >= 4 is 12.2 Å². The molecule has 0 radical (unpaired) electrons. The van der Waals surface area contributed by atoms with E-state index in [2.05, 4.69) is 16.9 Å². The minimum atomic E-state index is 0.299. The first-order chi connectivity index (χ1) is 10.3. The van der Waals surface area contributed by atoms with Crippen molar-refractivity contribution in [2.24, 2.45) is 0 Å². The first-order valence-electron chi connectivity index (χ1n) is 7.23. The molecule has 1 aliphatic rings. The minimum absolute atomic E-state index is 0.299. The molecule has 0 spiro atoms. The van der Waals surface area contributed by atoms with E-state index in [4.69, 9.17) is 21.4 Å². The van der Waals surface area contributed by atoms with Crippen LogP contribution in [0.3, 0.4) is 0 Å². The van der Waals surface area contributed by atoms with Crippen molar-refractivity contribution in [3.8, 4) is 11.5 Å². The van der Waals surface area contributed by atoms with Crippen molar-refractivity contribution in [1.82, 2.24) is 14.7 Å². The number of hydrogen-bond acceptors (Lipinski definition) is 5. The molecule has 6 heteroatoms. The molecule has 1 atom stereocenters. The highest BCUT2D eigenvalue weighted by Crippen LogP contribution is 2.17. The normalized spacial score (nSPS) is 19.8. The van der Waals surface area contributed by atoms with Crippen LogP contribution in [0.25, 0.3) is 11.5 Å². The molecule has 2 aromatic rings. The van der Waals surface area contributed by atoms with Crippen molar-refractivity contribution in [2.45, 2.75) is 26.1 Å². The van der Waals surface area contributed by atoms with Gasteiger partial charge in [0.25, 0.3) is 4.84 Å². The third kappa shape index (κ3) is 3.40.